The molecule has 3 rings (SSSR count). The maximum absolute atomic E-state index is 12.9. The first kappa shape index (κ1) is 28.3. The first-order chi connectivity index (χ1) is 17.0. The molecule has 0 aromatic heterocycles. The number of nitrogens with zero attached hydrogens (tertiary/aromatic N) is 1. The fourth-order valence-corrected chi connectivity index (χ4v) is 5.25. The van der Waals surface area contributed by atoms with Crippen LogP contribution in [-0.4, -0.2) is 64.8 Å². The number of aliphatic hydroxyl groups is 2. The Bertz CT molecular complexity index is 958. The molecule has 1 amide bonds. The minimum atomic E-state index is -1.18. The van der Waals surface area contributed by atoms with Crippen LogP contribution in [-0.2, 0) is 15.9 Å². The molecule has 1 saturated heterocycles. The van der Waals surface area contributed by atoms with E-state index in [2.05, 4.69) is 23.5 Å². The number of rotatable bonds is 11. The zero-order valence-electron chi connectivity index (χ0n) is 21.5. The van der Waals surface area contributed by atoms with Gasteiger partial charge in [-0.15, -0.1) is 0 Å². The summed E-state index contributed by atoms with van der Waals surface area (Å²) in [4.78, 5) is 13.9. The molecule has 0 spiro atoms. The van der Waals surface area contributed by atoms with Crippen molar-refractivity contribution in [2.24, 2.45) is 11.3 Å². The van der Waals surface area contributed by atoms with Crippen LogP contribution in [0.4, 0.5) is 10.5 Å². The second-order valence-corrected chi connectivity index (χ2v) is 11.6. The minimum absolute atomic E-state index is 0.286. The highest BCUT2D eigenvalue weighted by atomic mass is 32.2. The summed E-state index contributed by atoms with van der Waals surface area (Å²) in [6, 6.07) is 16.7. The molecule has 2 aromatic rings. The summed E-state index contributed by atoms with van der Waals surface area (Å²) in [5, 5.41) is 24.3. The van der Waals surface area contributed by atoms with Gasteiger partial charge in [0.05, 0.1) is 18.8 Å². The number of alkyl carbamates (subject to hydrolysis) is 1. The number of amides is 1. The van der Waals surface area contributed by atoms with Crippen molar-refractivity contribution in [3.63, 3.8) is 0 Å². The fourth-order valence-electron chi connectivity index (χ4n) is 4.10. The Morgan fingerprint density at radius 2 is 1.86 bits per heavy atom. The van der Waals surface area contributed by atoms with Gasteiger partial charge in [-0.3, -0.25) is 0 Å². The highest BCUT2D eigenvalue weighted by molar-refractivity contribution is 7.97. The molecule has 1 heterocycles. The number of ether oxygens (including phenoxy) is 2. The largest absolute Gasteiger partial charge is 0.440 e. The third-order valence-corrected chi connectivity index (χ3v) is 7.07. The number of hydrogen-bond donors (Lipinski definition) is 4. The average Bonchev–Trinajstić information content (AvgIpc) is 3.07. The first-order valence-corrected chi connectivity index (χ1v) is 13.1. The third-order valence-electron chi connectivity index (χ3n) is 6.03. The number of nitrogens with one attached hydrogen (secondary N) is 1. The van der Waals surface area contributed by atoms with Crippen LogP contribution in [0.15, 0.2) is 59.5 Å². The molecule has 36 heavy (non-hydrogen) atoms. The van der Waals surface area contributed by atoms with E-state index < -0.39 is 36.0 Å². The van der Waals surface area contributed by atoms with Crippen molar-refractivity contribution in [1.82, 2.24) is 9.62 Å². The lowest BCUT2D eigenvalue weighted by atomic mass is 9.89. The highest BCUT2D eigenvalue weighted by Gasteiger charge is 2.45. The quantitative estimate of drug-likeness (QED) is 0.263. The Hall–Kier alpha value is -2.30. The van der Waals surface area contributed by atoms with Gasteiger partial charge in [0, 0.05) is 29.1 Å². The summed E-state index contributed by atoms with van der Waals surface area (Å²) in [7, 11) is 0. The van der Waals surface area contributed by atoms with E-state index in [1.54, 1.807) is 11.9 Å². The van der Waals surface area contributed by atoms with Crippen molar-refractivity contribution in [1.29, 1.82) is 0 Å². The van der Waals surface area contributed by atoms with Gasteiger partial charge < -0.3 is 30.7 Å². The summed E-state index contributed by atoms with van der Waals surface area (Å²) < 4.78 is 12.9. The molecule has 0 radical (unpaired) electrons. The lowest BCUT2D eigenvalue weighted by Gasteiger charge is -2.31. The molecule has 0 aliphatic carbocycles. The second-order valence-electron chi connectivity index (χ2n) is 10.4. The number of anilines is 1. The number of benzene rings is 2. The number of carbonyl (C=O) groups is 1. The zero-order valence-corrected chi connectivity index (χ0v) is 22.3. The Labute approximate surface area is 218 Å². The van der Waals surface area contributed by atoms with E-state index in [4.69, 9.17) is 15.2 Å². The zero-order chi connectivity index (χ0) is 26.3. The van der Waals surface area contributed by atoms with Gasteiger partial charge in [0.2, 0.25) is 0 Å². The molecule has 1 aliphatic rings. The monoisotopic (exact) mass is 517 g/mol. The van der Waals surface area contributed by atoms with E-state index in [0.29, 0.717) is 24.6 Å². The number of nitrogens with two attached hydrogens (primary N) is 1. The molecular formula is C27H39N3O5S. The van der Waals surface area contributed by atoms with Crippen LogP contribution >= 0.6 is 11.9 Å². The summed E-state index contributed by atoms with van der Waals surface area (Å²) in [5.74, 6) is 0.370. The number of hydrogen-bond acceptors (Lipinski definition) is 8. The van der Waals surface area contributed by atoms with Crippen LogP contribution in [0.3, 0.4) is 0 Å². The topological polar surface area (TPSA) is 117 Å². The lowest BCUT2D eigenvalue weighted by Crippen LogP contribution is -2.50. The van der Waals surface area contributed by atoms with Crippen LogP contribution in [0.5, 0.6) is 0 Å². The fraction of sp³-hybridized carbons (Fsp3) is 0.519. The van der Waals surface area contributed by atoms with Crippen molar-refractivity contribution in [3.05, 3.63) is 60.2 Å². The van der Waals surface area contributed by atoms with Crippen molar-refractivity contribution < 1.29 is 24.5 Å². The van der Waals surface area contributed by atoms with E-state index in [1.807, 2.05) is 68.4 Å². The molecule has 5 N–H and O–H groups in total. The van der Waals surface area contributed by atoms with Crippen LogP contribution < -0.4 is 11.1 Å². The van der Waals surface area contributed by atoms with E-state index >= 15 is 0 Å². The molecule has 8 nitrogen and oxygen atoms in total. The Morgan fingerprint density at radius 3 is 2.44 bits per heavy atom. The van der Waals surface area contributed by atoms with E-state index in [0.717, 1.165) is 17.0 Å². The van der Waals surface area contributed by atoms with Gasteiger partial charge in [0.25, 0.3) is 0 Å². The smallest absolute Gasteiger partial charge is 0.407 e. The standard InChI is InChI=1S/C27H39N3O5S/c1-18(2)15-30(36-21-12-10-20(28)11-13-21)16-23(31)22(14-19-8-6-5-7-9-19)29-26(33)35-24-25(32)34-17-27(24,3)4/h5-13,18,22-25,31-32H,14-17,28H2,1-4H3,(H,29,33). The second kappa shape index (κ2) is 12.8. The predicted molar refractivity (Wildman–Crippen MR) is 142 cm³/mol. The van der Waals surface area contributed by atoms with Gasteiger partial charge in [-0.2, -0.15) is 0 Å². The van der Waals surface area contributed by atoms with E-state index in [-0.39, 0.29) is 6.61 Å². The van der Waals surface area contributed by atoms with Gasteiger partial charge in [0.1, 0.15) is 0 Å². The van der Waals surface area contributed by atoms with Crippen molar-refractivity contribution in [2.75, 3.05) is 25.4 Å². The highest BCUT2D eigenvalue weighted by Crippen LogP contribution is 2.33. The number of aliphatic hydroxyl groups excluding tert-OH is 2. The summed E-state index contributed by atoms with van der Waals surface area (Å²) >= 11 is 1.55. The predicted octanol–water partition coefficient (Wildman–Crippen LogP) is 3.68. The van der Waals surface area contributed by atoms with Crippen LogP contribution in [0.25, 0.3) is 0 Å². The first-order valence-electron chi connectivity index (χ1n) is 12.3. The van der Waals surface area contributed by atoms with Gasteiger partial charge in [-0.05, 0) is 54.1 Å². The van der Waals surface area contributed by atoms with Crippen molar-refractivity contribution in [3.8, 4) is 0 Å². The minimum Gasteiger partial charge on any atom is -0.440 e. The molecule has 2 aromatic carbocycles. The molecule has 1 fully saturated rings. The van der Waals surface area contributed by atoms with Crippen LogP contribution in [0.1, 0.15) is 33.3 Å². The summed E-state index contributed by atoms with van der Waals surface area (Å²) in [5.41, 5.74) is 6.98. The third kappa shape index (κ3) is 8.38. The van der Waals surface area contributed by atoms with E-state index in [1.165, 1.54) is 0 Å². The Kier molecular flexibility index (Phi) is 10.0. The summed E-state index contributed by atoms with van der Waals surface area (Å²) in [6.45, 7) is 9.34. The average molecular weight is 518 g/mol. The van der Waals surface area contributed by atoms with Crippen LogP contribution in [0, 0.1) is 11.3 Å². The molecule has 4 unspecified atom stereocenters. The Morgan fingerprint density at radius 1 is 1.19 bits per heavy atom. The maximum Gasteiger partial charge on any atom is 0.407 e. The van der Waals surface area contributed by atoms with Gasteiger partial charge in [-0.25, -0.2) is 9.10 Å². The van der Waals surface area contributed by atoms with Crippen LogP contribution in [0.2, 0.25) is 0 Å². The van der Waals surface area contributed by atoms with Gasteiger partial charge in [0.15, 0.2) is 12.4 Å². The molecule has 9 heteroatoms. The SMILES string of the molecule is CC(C)CN(CC(O)C(Cc1ccccc1)NC(=O)OC1C(O)OCC1(C)C)Sc1ccc(N)cc1. The van der Waals surface area contributed by atoms with Gasteiger partial charge in [-0.1, -0.05) is 58.0 Å². The molecule has 198 valence electrons. The van der Waals surface area contributed by atoms with Crippen molar-refractivity contribution in [2.45, 2.75) is 63.6 Å². The Balaban J connectivity index is 1.72. The molecule has 1 aliphatic heterocycles. The number of carbonyl (C=O) groups excluding carboxylic acids is 1. The molecular weight excluding hydrogens is 478 g/mol. The van der Waals surface area contributed by atoms with Gasteiger partial charge >= 0.3 is 6.09 Å². The van der Waals surface area contributed by atoms with Crippen molar-refractivity contribution >= 4 is 23.7 Å². The molecule has 4 atom stereocenters. The lowest BCUT2D eigenvalue weighted by molar-refractivity contribution is -0.114. The summed E-state index contributed by atoms with van der Waals surface area (Å²) in [6.07, 6.45) is -3.13. The maximum atomic E-state index is 12.9. The molecule has 0 bridgehead atoms. The normalized spacial score (nSPS) is 20.9. The molecule has 0 saturated carbocycles. The number of nitrogen functional groups attached to an aromatic ring is 1. The van der Waals surface area contributed by atoms with E-state index in [9.17, 15) is 15.0 Å².